The fraction of sp³-hybridized carbons (Fsp3) is 0.273. The number of nitrogens with one attached hydrogen (secondary N) is 2. The highest BCUT2D eigenvalue weighted by Crippen LogP contribution is 2.40. The Morgan fingerprint density at radius 2 is 2.03 bits per heavy atom. The molecule has 0 spiro atoms. The zero-order valence-corrected chi connectivity index (χ0v) is 16.4. The summed E-state index contributed by atoms with van der Waals surface area (Å²) in [6.45, 7) is 2.38. The van der Waals surface area contributed by atoms with Crippen LogP contribution in [-0.2, 0) is 13.6 Å². The first kappa shape index (κ1) is 17.6. The van der Waals surface area contributed by atoms with E-state index in [-0.39, 0.29) is 5.91 Å². The Hall–Kier alpha value is -3.48. The van der Waals surface area contributed by atoms with Gasteiger partial charge in [-0.15, -0.1) is 0 Å². The molecule has 7 nitrogen and oxygen atoms in total. The number of pyridine rings is 1. The zero-order chi connectivity index (χ0) is 20.0. The fourth-order valence-corrected chi connectivity index (χ4v) is 3.73. The van der Waals surface area contributed by atoms with Gasteiger partial charge in [-0.2, -0.15) is 10.2 Å². The van der Waals surface area contributed by atoms with Gasteiger partial charge in [0, 0.05) is 31.4 Å². The van der Waals surface area contributed by atoms with E-state index in [0.717, 1.165) is 52.1 Å². The van der Waals surface area contributed by atoms with Crippen molar-refractivity contribution in [1.29, 1.82) is 0 Å². The van der Waals surface area contributed by atoms with E-state index in [1.807, 2.05) is 50.4 Å². The molecule has 29 heavy (non-hydrogen) atoms. The van der Waals surface area contributed by atoms with Gasteiger partial charge in [0.25, 0.3) is 5.91 Å². The molecule has 0 bridgehead atoms. The molecule has 0 aliphatic heterocycles. The standard InChI is InChI=1S/C22H22N6O/c1-13-20-17(11-19(16-7-8-16)25-21(20)28(2)27-13)22(29)23-12-14-3-5-15(6-4-14)18-9-10-24-26-18/h3-6,9-11,16H,7-8,12H2,1-2H3,(H,23,29)(H,24,26). The number of carbonyl (C=O) groups is 1. The maximum absolute atomic E-state index is 13.1. The molecule has 0 unspecified atom stereocenters. The summed E-state index contributed by atoms with van der Waals surface area (Å²) in [7, 11) is 1.88. The molecule has 0 saturated heterocycles. The van der Waals surface area contributed by atoms with Crippen LogP contribution in [0.15, 0.2) is 42.6 Å². The summed E-state index contributed by atoms with van der Waals surface area (Å²) in [5.41, 5.74) is 6.34. The number of fused-ring (bicyclic) bond motifs is 1. The molecule has 0 radical (unpaired) electrons. The van der Waals surface area contributed by atoms with Crippen LogP contribution < -0.4 is 5.32 Å². The Bertz CT molecular complexity index is 1190. The number of hydrogen-bond donors (Lipinski definition) is 2. The molecule has 1 fully saturated rings. The predicted molar refractivity (Wildman–Crippen MR) is 110 cm³/mol. The molecule has 7 heteroatoms. The van der Waals surface area contributed by atoms with Gasteiger partial charge in [-0.1, -0.05) is 24.3 Å². The second-order valence-electron chi connectivity index (χ2n) is 7.63. The van der Waals surface area contributed by atoms with Crippen LogP contribution in [0.3, 0.4) is 0 Å². The van der Waals surface area contributed by atoms with E-state index in [2.05, 4.69) is 20.6 Å². The van der Waals surface area contributed by atoms with Crippen LogP contribution in [0, 0.1) is 6.92 Å². The summed E-state index contributed by atoms with van der Waals surface area (Å²) in [5.74, 6) is 0.379. The average molecular weight is 386 g/mol. The van der Waals surface area contributed by atoms with Crippen molar-refractivity contribution < 1.29 is 4.79 Å². The lowest BCUT2D eigenvalue weighted by Gasteiger charge is -2.09. The zero-order valence-electron chi connectivity index (χ0n) is 16.4. The number of nitrogens with zero attached hydrogens (tertiary/aromatic N) is 4. The molecule has 1 aliphatic carbocycles. The Balaban J connectivity index is 1.39. The first-order valence-corrected chi connectivity index (χ1v) is 9.81. The van der Waals surface area contributed by atoms with E-state index < -0.39 is 0 Å². The second kappa shape index (κ2) is 6.84. The molecule has 2 N–H and O–H groups in total. The molecular weight excluding hydrogens is 364 g/mol. The van der Waals surface area contributed by atoms with Gasteiger partial charge in [0.05, 0.1) is 22.3 Å². The first-order valence-electron chi connectivity index (χ1n) is 9.81. The van der Waals surface area contributed by atoms with Crippen LogP contribution in [0.5, 0.6) is 0 Å². The Morgan fingerprint density at radius 3 is 2.72 bits per heavy atom. The van der Waals surface area contributed by atoms with E-state index in [0.29, 0.717) is 18.0 Å². The number of benzene rings is 1. The van der Waals surface area contributed by atoms with Crippen molar-refractivity contribution in [2.24, 2.45) is 7.05 Å². The smallest absolute Gasteiger partial charge is 0.252 e. The van der Waals surface area contributed by atoms with Crippen molar-refractivity contribution in [2.75, 3.05) is 0 Å². The van der Waals surface area contributed by atoms with Gasteiger partial charge in [-0.25, -0.2) is 4.98 Å². The molecule has 1 aliphatic rings. The van der Waals surface area contributed by atoms with Crippen LogP contribution >= 0.6 is 0 Å². The minimum Gasteiger partial charge on any atom is -0.348 e. The summed E-state index contributed by atoms with van der Waals surface area (Å²) in [4.78, 5) is 17.8. The summed E-state index contributed by atoms with van der Waals surface area (Å²) in [6, 6.07) is 12.0. The van der Waals surface area contributed by atoms with Gasteiger partial charge in [-0.3, -0.25) is 14.6 Å². The van der Waals surface area contributed by atoms with Crippen LogP contribution in [-0.4, -0.2) is 30.9 Å². The van der Waals surface area contributed by atoms with Crippen molar-refractivity contribution in [3.8, 4) is 11.3 Å². The number of carbonyl (C=O) groups excluding carboxylic acids is 1. The van der Waals surface area contributed by atoms with Crippen molar-refractivity contribution in [3.05, 3.63) is 65.1 Å². The van der Waals surface area contributed by atoms with Gasteiger partial charge < -0.3 is 5.32 Å². The third-order valence-corrected chi connectivity index (χ3v) is 5.45. The van der Waals surface area contributed by atoms with E-state index >= 15 is 0 Å². The fourth-order valence-electron chi connectivity index (χ4n) is 3.73. The Morgan fingerprint density at radius 1 is 1.24 bits per heavy atom. The summed E-state index contributed by atoms with van der Waals surface area (Å²) >= 11 is 0. The Labute approximate surface area is 168 Å². The van der Waals surface area contributed by atoms with E-state index in [9.17, 15) is 4.79 Å². The molecule has 1 amide bonds. The monoisotopic (exact) mass is 386 g/mol. The molecule has 3 heterocycles. The number of aromatic nitrogens is 5. The van der Waals surface area contributed by atoms with Gasteiger partial charge >= 0.3 is 0 Å². The lowest BCUT2D eigenvalue weighted by Crippen LogP contribution is -2.23. The van der Waals surface area contributed by atoms with Crippen molar-refractivity contribution >= 4 is 16.9 Å². The average Bonchev–Trinajstić information content (AvgIpc) is 3.36. The number of hydrogen-bond acceptors (Lipinski definition) is 4. The number of aromatic amines is 1. The normalized spacial score (nSPS) is 13.7. The molecule has 1 aromatic carbocycles. The first-order chi connectivity index (χ1) is 14.1. The minimum atomic E-state index is -0.0898. The van der Waals surface area contributed by atoms with Gasteiger partial charge in [-0.05, 0) is 43.0 Å². The molecule has 5 rings (SSSR count). The van der Waals surface area contributed by atoms with Crippen LogP contribution in [0.1, 0.15) is 46.1 Å². The highest BCUT2D eigenvalue weighted by molar-refractivity contribution is 6.06. The number of rotatable bonds is 5. The quantitative estimate of drug-likeness (QED) is 0.550. The number of H-pyrrole nitrogens is 1. The molecule has 146 valence electrons. The lowest BCUT2D eigenvalue weighted by atomic mass is 10.1. The van der Waals surface area contributed by atoms with Crippen LogP contribution in [0.2, 0.25) is 0 Å². The molecular formula is C22H22N6O. The molecule has 3 aromatic heterocycles. The highest BCUT2D eigenvalue weighted by Gasteiger charge is 2.28. The van der Waals surface area contributed by atoms with Crippen molar-refractivity contribution in [1.82, 2.24) is 30.3 Å². The van der Waals surface area contributed by atoms with Gasteiger partial charge in [0.15, 0.2) is 5.65 Å². The largest absolute Gasteiger partial charge is 0.348 e. The van der Waals surface area contributed by atoms with Crippen LogP contribution in [0.25, 0.3) is 22.3 Å². The Kier molecular flexibility index (Phi) is 4.16. The van der Waals surface area contributed by atoms with E-state index in [1.165, 1.54) is 0 Å². The highest BCUT2D eigenvalue weighted by atomic mass is 16.1. The van der Waals surface area contributed by atoms with E-state index in [1.54, 1.807) is 10.9 Å². The van der Waals surface area contributed by atoms with E-state index in [4.69, 9.17) is 4.98 Å². The minimum absolute atomic E-state index is 0.0898. The molecule has 0 atom stereocenters. The van der Waals surface area contributed by atoms with Gasteiger partial charge in [0.1, 0.15) is 0 Å². The van der Waals surface area contributed by atoms with Crippen molar-refractivity contribution in [3.63, 3.8) is 0 Å². The lowest BCUT2D eigenvalue weighted by molar-refractivity contribution is 0.0952. The summed E-state index contributed by atoms with van der Waals surface area (Å²) < 4.78 is 1.77. The van der Waals surface area contributed by atoms with Crippen LogP contribution in [0.4, 0.5) is 0 Å². The van der Waals surface area contributed by atoms with Gasteiger partial charge in [0.2, 0.25) is 0 Å². The second-order valence-corrected chi connectivity index (χ2v) is 7.63. The molecule has 1 saturated carbocycles. The summed E-state index contributed by atoms with van der Waals surface area (Å²) in [5, 5.41) is 15.3. The number of aryl methyl sites for hydroxylation is 2. The van der Waals surface area contributed by atoms with Crippen molar-refractivity contribution in [2.45, 2.75) is 32.2 Å². The summed E-state index contributed by atoms with van der Waals surface area (Å²) in [6.07, 6.45) is 4.01. The number of amides is 1. The third-order valence-electron chi connectivity index (χ3n) is 5.45. The molecule has 4 aromatic rings. The maximum Gasteiger partial charge on any atom is 0.252 e. The predicted octanol–water partition coefficient (Wildman–Crippen LogP) is 3.47. The SMILES string of the molecule is Cc1nn(C)c2nc(C3CC3)cc(C(=O)NCc3ccc(-c4ccn[nH]4)cc3)c12. The topological polar surface area (TPSA) is 88.5 Å². The third kappa shape index (κ3) is 3.29. The maximum atomic E-state index is 13.1.